The number of nitrogens with zero attached hydrogens (tertiary/aromatic N) is 2. The van der Waals surface area contributed by atoms with Crippen molar-refractivity contribution in [3.63, 3.8) is 0 Å². The molecule has 0 aliphatic rings. The van der Waals surface area contributed by atoms with Crippen molar-refractivity contribution < 1.29 is 4.79 Å². The zero-order valence-electron chi connectivity index (χ0n) is 14.0. The van der Waals surface area contributed by atoms with Gasteiger partial charge in [0.25, 0.3) is 5.56 Å². The molecule has 25 heavy (non-hydrogen) atoms. The lowest BCUT2D eigenvalue weighted by atomic mass is 10.0. The molecule has 0 aliphatic carbocycles. The molecule has 4 nitrogen and oxygen atoms in total. The number of aromatic nitrogens is 2. The molecule has 0 radical (unpaired) electrons. The van der Waals surface area contributed by atoms with Crippen molar-refractivity contribution in [2.24, 2.45) is 0 Å². The number of carbonyl (C=O) groups excluding carboxylic acids is 1. The normalized spacial score (nSPS) is 11.2. The van der Waals surface area contributed by atoms with E-state index in [2.05, 4.69) is 4.98 Å². The number of fused-ring (bicyclic) bond motifs is 1. The van der Waals surface area contributed by atoms with E-state index in [4.69, 9.17) is 23.2 Å². The van der Waals surface area contributed by atoms with E-state index in [0.29, 0.717) is 39.1 Å². The number of rotatable bonds is 4. The lowest BCUT2D eigenvalue weighted by Crippen LogP contribution is -2.24. The fourth-order valence-corrected chi connectivity index (χ4v) is 4.21. The Morgan fingerprint density at radius 3 is 2.60 bits per heavy atom. The van der Waals surface area contributed by atoms with Gasteiger partial charge in [0.2, 0.25) is 0 Å². The average Bonchev–Trinajstić information content (AvgIpc) is 2.85. The minimum atomic E-state index is -0.130. The second-order valence-corrected chi connectivity index (χ2v) is 7.93. The minimum absolute atomic E-state index is 0.0394. The lowest BCUT2D eigenvalue weighted by Gasteiger charge is -2.09. The highest BCUT2D eigenvalue weighted by atomic mass is 35.5. The van der Waals surface area contributed by atoms with Crippen LogP contribution in [0.15, 0.2) is 23.0 Å². The van der Waals surface area contributed by atoms with Gasteiger partial charge in [-0.15, -0.1) is 11.3 Å². The third-order valence-corrected chi connectivity index (χ3v) is 5.81. The molecule has 0 atom stereocenters. The van der Waals surface area contributed by atoms with E-state index >= 15 is 0 Å². The van der Waals surface area contributed by atoms with E-state index in [-0.39, 0.29) is 11.3 Å². The van der Waals surface area contributed by atoms with Crippen LogP contribution in [0.1, 0.15) is 24.0 Å². The molecule has 3 aromatic rings. The predicted octanol–water partition coefficient (Wildman–Crippen LogP) is 5.03. The third kappa shape index (κ3) is 3.36. The second-order valence-electron chi connectivity index (χ2n) is 5.91. The van der Waals surface area contributed by atoms with Gasteiger partial charge in [-0.3, -0.25) is 14.2 Å². The average molecular weight is 395 g/mol. The number of hydrogen-bond donors (Lipinski definition) is 0. The van der Waals surface area contributed by atoms with Crippen LogP contribution in [0, 0.1) is 13.8 Å². The first kappa shape index (κ1) is 18.1. The number of aryl methyl sites for hydroxylation is 2. The summed E-state index contributed by atoms with van der Waals surface area (Å²) in [6, 6.07) is 5.33. The summed E-state index contributed by atoms with van der Waals surface area (Å²) in [6.07, 6.45) is 0.305. The van der Waals surface area contributed by atoms with Crippen molar-refractivity contribution >= 4 is 50.5 Å². The van der Waals surface area contributed by atoms with Gasteiger partial charge >= 0.3 is 0 Å². The van der Waals surface area contributed by atoms with Gasteiger partial charge in [0.15, 0.2) is 0 Å². The van der Waals surface area contributed by atoms with Gasteiger partial charge in [-0.2, -0.15) is 0 Å². The van der Waals surface area contributed by atoms with Crippen molar-refractivity contribution in [3.8, 4) is 11.1 Å². The van der Waals surface area contributed by atoms with Crippen LogP contribution in [0.2, 0.25) is 10.0 Å². The number of thiophene rings is 1. The monoisotopic (exact) mass is 394 g/mol. The second kappa shape index (κ2) is 6.90. The summed E-state index contributed by atoms with van der Waals surface area (Å²) in [5, 5.41) is 1.47. The highest BCUT2D eigenvalue weighted by Gasteiger charge is 2.19. The molecule has 1 aromatic carbocycles. The van der Waals surface area contributed by atoms with E-state index in [1.165, 1.54) is 18.3 Å². The van der Waals surface area contributed by atoms with Crippen LogP contribution in [0.4, 0.5) is 0 Å². The smallest absolute Gasteiger partial charge is 0.262 e. The lowest BCUT2D eigenvalue weighted by molar-refractivity contribution is -0.117. The van der Waals surface area contributed by atoms with Crippen LogP contribution in [0.25, 0.3) is 21.3 Å². The summed E-state index contributed by atoms with van der Waals surface area (Å²) < 4.78 is 1.57. The molecule has 130 valence electrons. The Balaban J connectivity index is 2.27. The van der Waals surface area contributed by atoms with Crippen LogP contribution in [0.5, 0.6) is 0 Å². The molecule has 0 spiro atoms. The zero-order chi connectivity index (χ0) is 18.3. The van der Waals surface area contributed by atoms with Crippen molar-refractivity contribution in [3.05, 3.63) is 49.3 Å². The van der Waals surface area contributed by atoms with Crippen molar-refractivity contribution in [2.75, 3.05) is 0 Å². The molecule has 2 aromatic heterocycles. The summed E-state index contributed by atoms with van der Waals surface area (Å²) in [6.45, 7) is 5.59. The molecule has 3 rings (SSSR count). The van der Waals surface area contributed by atoms with Crippen molar-refractivity contribution in [2.45, 2.75) is 33.7 Å². The SMILES string of the molecule is CC(=O)CCn1c(C)nc2sc(C)c(-c3ccc(Cl)c(Cl)c3)c2c1=O. The minimum Gasteiger partial charge on any atom is -0.300 e. The number of carbonyl (C=O) groups is 1. The summed E-state index contributed by atoms with van der Waals surface area (Å²) >= 11 is 13.6. The Morgan fingerprint density at radius 1 is 1.24 bits per heavy atom. The Labute approximate surface area is 159 Å². The number of benzene rings is 1. The molecule has 0 aliphatic heterocycles. The quantitative estimate of drug-likeness (QED) is 0.623. The molecule has 0 unspecified atom stereocenters. The highest BCUT2D eigenvalue weighted by Crippen LogP contribution is 2.38. The van der Waals surface area contributed by atoms with E-state index in [1.54, 1.807) is 23.6 Å². The molecule has 2 heterocycles. The van der Waals surface area contributed by atoms with Gasteiger partial charge in [0.05, 0.1) is 15.4 Å². The number of hydrogen-bond acceptors (Lipinski definition) is 4. The first-order valence-electron chi connectivity index (χ1n) is 7.75. The summed E-state index contributed by atoms with van der Waals surface area (Å²) in [5.41, 5.74) is 1.53. The molecule has 0 saturated carbocycles. The van der Waals surface area contributed by atoms with E-state index in [0.717, 1.165) is 16.0 Å². The topological polar surface area (TPSA) is 52.0 Å². The van der Waals surface area contributed by atoms with Gasteiger partial charge in [-0.05, 0) is 38.5 Å². The van der Waals surface area contributed by atoms with E-state index < -0.39 is 0 Å². The van der Waals surface area contributed by atoms with Gasteiger partial charge in [0.1, 0.15) is 16.4 Å². The largest absolute Gasteiger partial charge is 0.300 e. The van der Waals surface area contributed by atoms with Crippen molar-refractivity contribution in [1.29, 1.82) is 0 Å². The number of Topliss-reactive ketones (excluding diaryl/α,β-unsaturated/α-hetero) is 1. The predicted molar refractivity (Wildman–Crippen MR) is 104 cm³/mol. The first-order valence-corrected chi connectivity index (χ1v) is 9.32. The Hall–Kier alpha value is -1.69. The fraction of sp³-hybridized carbons (Fsp3) is 0.278. The van der Waals surface area contributed by atoms with Crippen molar-refractivity contribution in [1.82, 2.24) is 9.55 Å². The summed E-state index contributed by atoms with van der Waals surface area (Å²) in [4.78, 5) is 30.6. The van der Waals surface area contributed by atoms with Crippen LogP contribution in [-0.2, 0) is 11.3 Å². The Kier molecular flexibility index (Phi) is 5.00. The Bertz CT molecular complexity index is 1050. The molecular formula is C18H16Cl2N2O2S. The summed E-state index contributed by atoms with van der Waals surface area (Å²) in [7, 11) is 0. The van der Waals surface area contributed by atoms with Gasteiger partial charge in [-0.1, -0.05) is 29.3 Å². The maximum absolute atomic E-state index is 13.1. The molecule has 0 N–H and O–H groups in total. The first-order chi connectivity index (χ1) is 11.8. The fourth-order valence-electron chi connectivity index (χ4n) is 2.83. The standard InChI is InChI=1S/C18H16Cl2N2O2S/c1-9(23)6-7-22-11(3)21-17-16(18(22)24)15(10(2)25-17)12-4-5-13(19)14(20)8-12/h4-5,8H,6-7H2,1-3H3. The van der Waals surface area contributed by atoms with E-state index in [1.807, 2.05) is 13.0 Å². The highest BCUT2D eigenvalue weighted by molar-refractivity contribution is 7.19. The zero-order valence-corrected chi connectivity index (χ0v) is 16.3. The Morgan fingerprint density at radius 2 is 1.96 bits per heavy atom. The van der Waals surface area contributed by atoms with Crippen LogP contribution in [-0.4, -0.2) is 15.3 Å². The van der Waals surface area contributed by atoms with Gasteiger partial charge in [0, 0.05) is 23.4 Å². The molecular weight excluding hydrogens is 379 g/mol. The third-order valence-electron chi connectivity index (χ3n) is 4.07. The van der Waals surface area contributed by atoms with E-state index in [9.17, 15) is 9.59 Å². The molecule has 0 fully saturated rings. The van der Waals surface area contributed by atoms with Crippen LogP contribution < -0.4 is 5.56 Å². The molecule has 0 bridgehead atoms. The van der Waals surface area contributed by atoms with Gasteiger partial charge < -0.3 is 0 Å². The van der Waals surface area contributed by atoms with Crippen LogP contribution in [0.3, 0.4) is 0 Å². The van der Waals surface area contributed by atoms with Gasteiger partial charge in [-0.25, -0.2) is 4.98 Å². The number of ketones is 1. The maximum Gasteiger partial charge on any atom is 0.262 e. The summed E-state index contributed by atoms with van der Waals surface area (Å²) in [5.74, 6) is 0.651. The van der Waals surface area contributed by atoms with Crippen LogP contribution >= 0.6 is 34.5 Å². The maximum atomic E-state index is 13.1. The molecule has 0 amide bonds. The molecule has 0 saturated heterocycles. The number of halogens is 2. The molecule has 7 heteroatoms.